The van der Waals surface area contributed by atoms with Crippen molar-refractivity contribution in [2.45, 2.75) is 0 Å². The number of hydrogen-bond acceptors (Lipinski definition) is 2. The zero-order valence-electron chi connectivity index (χ0n) is 29.6. The lowest BCUT2D eigenvalue weighted by Gasteiger charge is -2.26. The lowest BCUT2D eigenvalue weighted by Crippen LogP contribution is -2.09. The first-order chi connectivity index (χ1) is 26.7. The van der Waals surface area contributed by atoms with Crippen molar-refractivity contribution < 1.29 is 4.42 Å². The second-order valence-corrected chi connectivity index (χ2v) is 13.8. The molecule has 1 heterocycles. The summed E-state index contributed by atoms with van der Waals surface area (Å²) in [5.41, 5.74) is 12.4. The van der Waals surface area contributed by atoms with Crippen LogP contribution in [0.15, 0.2) is 217 Å². The van der Waals surface area contributed by atoms with Crippen LogP contribution in [0.5, 0.6) is 0 Å². The van der Waals surface area contributed by atoms with Crippen molar-refractivity contribution >= 4 is 49.6 Å². The molecule has 1 aromatic heterocycles. The van der Waals surface area contributed by atoms with Gasteiger partial charge in [0.1, 0.15) is 11.3 Å². The molecule has 10 rings (SSSR count). The van der Waals surface area contributed by atoms with Crippen LogP contribution in [0.4, 0.5) is 17.1 Å². The lowest BCUT2D eigenvalue weighted by atomic mass is 9.95. The van der Waals surface area contributed by atoms with Gasteiger partial charge in [-0.3, -0.25) is 0 Å². The van der Waals surface area contributed by atoms with Crippen molar-refractivity contribution in [1.29, 1.82) is 0 Å². The summed E-state index contributed by atoms with van der Waals surface area (Å²) in [5.74, 6) is 0.876. The zero-order valence-corrected chi connectivity index (χ0v) is 29.6. The van der Waals surface area contributed by atoms with Crippen LogP contribution in [0, 0.1) is 0 Å². The van der Waals surface area contributed by atoms with Crippen LogP contribution in [0.25, 0.3) is 77.2 Å². The quantitative estimate of drug-likeness (QED) is 0.166. The van der Waals surface area contributed by atoms with Crippen LogP contribution in [-0.4, -0.2) is 0 Å². The van der Waals surface area contributed by atoms with Gasteiger partial charge in [0.2, 0.25) is 0 Å². The Morgan fingerprint density at radius 1 is 0.296 bits per heavy atom. The van der Waals surface area contributed by atoms with Gasteiger partial charge >= 0.3 is 0 Å². The fraction of sp³-hybridized carbons (Fsp3) is 0. The molecule has 0 saturated carbocycles. The van der Waals surface area contributed by atoms with E-state index in [1.54, 1.807) is 0 Å². The predicted octanol–water partition coefficient (Wildman–Crippen LogP) is 14.9. The Hall–Kier alpha value is -7.16. The Morgan fingerprint density at radius 2 is 0.833 bits per heavy atom. The highest BCUT2D eigenvalue weighted by Gasteiger charge is 2.15. The van der Waals surface area contributed by atoms with E-state index in [4.69, 9.17) is 4.42 Å². The van der Waals surface area contributed by atoms with Crippen molar-refractivity contribution in [3.63, 3.8) is 0 Å². The Bertz CT molecular complexity index is 2900. The molecule has 0 spiro atoms. The highest BCUT2D eigenvalue weighted by Crippen LogP contribution is 2.39. The average molecular weight is 690 g/mol. The smallest absolute Gasteiger partial charge is 0.135 e. The molecule has 0 atom stereocenters. The molecule has 0 bridgehead atoms. The van der Waals surface area contributed by atoms with Gasteiger partial charge in [-0.2, -0.15) is 0 Å². The molecule has 0 radical (unpaired) electrons. The summed E-state index contributed by atoms with van der Waals surface area (Å²) in [6, 6.07) is 76.0. The number of para-hydroxylation sites is 1. The largest absolute Gasteiger partial charge is 0.456 e. The third kappa shape index (κ3) is 5.90. The monoisotopic (exact) mass is 689 g/mol. The van der Waals surface area contributed by atoms with E-state index in [9.17, 15) is 0 Å². The summed E-state index contributed by atoms with van der Waals surface area (Å²) < 4.78 is 6.20. The van der Waals surface area contributed by atoms with Crippen LogP contribution >= 0.6 is 0 Å². The third-order valence-corrected chi connectivity index (χ3v) is 10.4. The van der Waals surface area contributed by atoms with Crippen molar-refractivity contribution in [3.8, 4) is 44.7 Å². The lowest BCUT2D eigenvalue weighted by molar-refractivity contribution is 0.631. The molecule has 0 aliphatic carbocycles. The van der Waals surface area contributed by atoms with Gasteiger partial charge in [-0.1, -0.05) is 152 Å². The van der Waals surface area contributed by atoms with E-state index < -0.39 is 0 Å². The SMILES string of the molecule is c1cc(-c2ccc(N(c3ccc(-c4cccc(-c5cccc6ccccc56)c4)cc3)c3ccc4ccccc4c3)cc2)cc(-c2cc3ccccc3o2)c1. The van der Waals surface area contributed by atoms with E-state index in [1.165, 1.54) is 43.8 Å². The Labute approximate surface area is 314 Å². The minimum absolute atomic E-state index is 0.876. The standard InChI is InChI=1S/C52H35NO/c1-2-12-42-34-48(31-26-36(42)10-1)53(47-29-24-38(25-30-47)41-16-8-18-44(33-41)52-35-45-13-4-6-21-51(45)54-52)46-27-22-37(23-28-46)40-15-7-17-43(32-40)50-20-9-14-39-11-3-5-19-49(39)50/h1-35H. The summed E-state index contributed by atoms with van der Waals surface area (Å²) in [5, 5.41) is 6.06. The number of furan rings is 1. The van der Waals surface area contributed by atoms with Crippen LogP contribution in [0.1, 0.15) is 0 Å². The first-order valence-electron chi connectivity index (χ1n) is 18.4. The maximum absolute atomic E-state index is 6.20. The first-order valence-corrected chi connectivity index (χ1v) is 18.4. The molecule has 0 amide bonds. The predicted molar refractivity (Wildman–Crippen MR) is 228 cm³/mol. The minimum atomic E-state index is 0.876. The molecule has 0 aliphatic heterocycles. The highest BCUT2D eigenvalue weighted by molar-refractivity contribution is 5.97. The summed E-state index contributed by atoms with van der Waals surface area (Å²) >= 11 is 0. The summed E-state index contributed by atoms with van der Waals surface area (Å²) in [7, 11) is 0. The molecule has 0 saturated heterocycles. The van der Waals surface area contributed by atoms with Gasteiger partial charge in [0.25, 0.3) is 0 Å². The van der Waals surface area contributed by atoms with Gasteiger partial charge in [-0.15, -0.1) is 0 Å². The van der Waals surface area contributed by atoms with Crippen LogP contribution < -0.4 is 4.90 Å². The van der Waals surface area contributed by atoms with Gasteiger partial charge in [0.15, 0.2) is 0 Å². The topological polar surface area (TPSA) is 16.4 Å². The van der Waals surface area contributed by atoms with Crippen molar-refractivity contribution in [1.82, 2.24) is 0 Å². The second-order valence-electron chi connectivity index (χ2n) is 13.8. The number of rotatable bonds is 7. The highest BCUT2D eigenvalue weighted by atomic mass is 16.3. The normalized spacial score (nSPS) is 11.3. The molecule has 2 heteroatoms. The molecule has 10 aromatic rings. The Kier molecular flexibility index (Phi) is 7.85. The van der Waals surface area contributed by atoms with E-state index in [1.807, 2.05) is 18.2 Å². The van der Waals surface area contributed by atoms with Crippen molar-refractivity contribution in [2.75, 3.05) is 4.90 Å². The molecular formula is C52H35NO. The van der Waals surface area contributed by atoms with Crippen molar-refractivity contribution in [2.24, 2.45) is 0 Å². The molecule has 0 N–H and O–H groups in total. The summed E-state index contributed by atoms with van der Waals surface area (Å²) in [6.07, 6.45) is 0. The van der Waals surface area contributed by atoms with E-state index in [0.717, 1.165) is 50.5 Å². The molecule has 2 nitrogen and oxygen atoms in total. The molecule has 0 aliphatic rings. The molecular weight excluding hydrogens is 655 g/mol. The number of benzene rings is 9. The average Bonchev–Trinajstić information content (AvgIpc) is 3.69. The van der Waals surface area contributed by atoms with Gasteiger partial charge in [0.05, 0.1) is 0 Å². The van der Waals surface area contributed by atoms with Gasteiger partial charge in [0, 0.05) is 28.0 Å². The van der Waals surface area contributed by atoms with Crippen LogP contribution in [0.2, 0.25) is 0 Å². The maximum Gasteiger partial charge on any atom is 0.135 e. The number of hydrogen-bond donors (Lipinski definition) is 0. The third-order valence-electron chi connectivity index (χ3n) is 10.4. The van der Waals surface area contributed by atoms with E-state index >= 15 is 0 Å². The second kappa shape index (κ2) is 13.4. The van der Waals surface area contributed by atoms with E-state index in [2.05, 4.69) is 199 Å². The molecule has 9 aromatic carbocycles. The van der Waals surface area contributed by atoms with E-state index in [-0.39, 0.29) is 0 Å². The summed E-state index contributed by atoms with van der Waals surface area (Å²) in [4.78, 5) is 2.34. The fourth-order valence-electron chi connectivity index (χ4n) is 7.69. The first kappa shape index (κ1) is 31.6. The van der Waals surface area contributed by atoms with Gasteiger partial charge in [-0.25, -0.2) is 0 Å². The molecule has 0 unspecified atom stereocenters. The van der Waals surface area contributed by atoms with E-state index in [0.29, 0.717) is 0 Å². The zero-order chi connectivity index (χ0) is 35.8. The van der Waals surface area contributed by atoms with Crippen molar-refractivity contribution in [3.05, 3.63) is 212 Å². The number of nitrogens with zero attached hydrogens (tertiary/aromatic N) is 1. The maximum atomic E-state index is 6.20. The molecule has 0 fully saturated rings. The van der Waals surface area contributed by atoms with Crippen LogP contribution in [-0.2, 0) is 0 Å². The van der Waals surface area contributed by atoms with Gasteiger partial charge < -0.3 is 9.32 Å². The molecule has 254 valence electrons. The minimum Gasteiger partial charge on any atom is -0.456 e. The number of anilines is 3. The Morgan fingerprint density at radius 3 is 1.56 bits per heavy atom. The van der Waals surface area contributed by atoms with Crippen LogP contribution in [0.3, 0.4) is 0 Å². The van der Waals surface area contributed by atoms with Gasteiger partial charge in [-0.05, 0) is 116 Å². The fourth-order valence-corrected chi connectivity index (χ4v) is 7.69. The summed E-state index contributed by atoms with van der Waals surface area (Å²) in [6.45, 7) is 0. The molecule has 54 heavy (non-hydrogen) atoms. The number of fused-ring (bicyclic) bond motifs is 3. The Balaban J connectivity index is 0.999.